The molecule has 0 saturated carbocycles. The van der Waals surface area contributed by atoms with Gasteiger partial charge in [0.15, 0.2) is 0 Å². The molecule has 21 heavy (non-hydrogen) atoms. The first-order chi connectivity index (χ1) is 9.98. The zero-order chi connectivity index (χ0) is 15.3. The minimum atomic E-state index is -1.02. The lowest BCUT2D eigenvalue weighted by atomic mass is 10.2. The van der Waals surface area contributed by atoms with Crippen molar-refractivity contribution in [2.45, 2.75) is 43.5 Å². The van der Waals surface area contributed by atoms with E-state index in [1.807, 2.05) is 63.2 Å². The van der Waals surface area contributed by atoms with Gasteiger partial charge in [-0.25, -0.2) is 0 Å². The maximum Gasteiger partial charge on any atom is 0.0586 e. The molecule has 0 amide bonds. The predicted molar refractivity (Wildman–Crippen MR) is 87.4 cm³/mol. The van der Waals surface area contributed by atoms with Crippen LogP contribution < -0.4 is 5.32 Å². The smallest absolute Gasteiger partial charge is 0.0586 e. The van der Waals surface area contributed by atoms with E-state index in [0.717, 1.165) is 16.2 Å². The number of nitrogens with one attached hydrogen (secondary N) is 1. The van der Waals surface area contributed by atoms with Crippen molar-refractivity contribution in [1.82, 2.24) is 10.3 Å². The first-order valence-corrected chi connectivity index (χ1v) is 8.24. The van der Waals surface area contributed by atoms with Gasteiger partial charge in [0.25, 0.3) is 0 Å². The van der Waals surface area contributed by atoms with Crippen molar-refractivity contribution in [3.05, 3.63) is 59.9 Å². The normalized spacial score (nSPS) is 13.1. The second-order valence-corrected chi connectivity index (χ2v) is 8.12. The molecule has 0 aliphatic heterocycles. The molecule has 3 nitrogen and oxygen atoms in total. The van der Waals surface area contributed by atoms with Crippen LogP contribution in [-0.2, 0) is 23.9 Å². The van der Waals surface area contributed by atoms with E-state index >= 15 is 0 Å². The average molecular weight is 302 g/mol. The Balaban J connectivity index is 2.05. The summed E-state index contributed by atoms with van der Waals surface area (Å²) in [6.45, 7) is 7.40. The minimum absolute atomic E-state index is 0.253. The van der Waals surface area contributed by atoms with Crippen molar-refractivity contribution in [2.24, 2.45) is 0 Å². The Hall–Kier alpha value is -1.52. The van der Waals surface area contributed by atoms with Gasteiger partial charge in [0.05, 0.1) is 16.5 Å². The molecule has 1 aromatic heterocycles. The van der Waals surface area contributed by atoms with Gasteiger partial charge < -0.3 is 5.32 Å². The molecule has 1 heterocycles. The molecular formula is C17H22N2OS. The van der Waals surface area contributed by atoms with Gasteiger partial charge in [-0.3, -0.25) is 9.19 Å². The number of benzene rings is 1. The van der Waals surface area contributed by atoms with Gasteiger partial charge in [-0.15, -0.1) is 0 Å². The van der Waals surface area contributed by atoms with Crippen molar-refractivity contribution in [2.75, 3.05) is 0 Å². The van der Waals surface area contributed by atoms with Crippen LogP contribution in [0.3, 0.4) is 0 Å². The molecular weight excluding hydrogens is 280 g/mol. The molecule has 112 valence electrons. The predicted octanol–water partition coefficient (Wildman–Crippen LogP) is 3.28. The lowest BCUT2D eigenvalue weighted by molar-refractivity contribution is 0.641. The monoisotopic (exact) mass is 302 g/mol. The molecule has 0 saturated heterocycles. The van der Waals surface area contributed by atoms with Gasteiger partial charge in [0.1, 0.15) is 0 Å². The highest BCUT2D eigenvalue weighted by Gasteiger charge is 2.22. The van der Waals surface area contributed by atoms with Crippen LogP contribution in [0.2, 0.25) is 0 Å². The van der Waals surface area contributed by atoms with E-state index in [0.29, 0.717) is 13.1 Å². The standard InChI is InChI=1S/C17H22N2OS/c1-17(2,3)21(20)16-10-5-4-8-14(16)12-18-13-15-9-6-7-11-19-15/h4-11,18H,12-13H2,1-3H3. The van der Waals surface area contributed by atoms with Crippen molar-refractivity contribution < 1.29 is 4.21 Å². The minimum Gasteiger partial charge on any atom is -0.307 e. The van der Waals surface area contributed by atoms with Gasteiger partial charge in [-0.05, 0) is 44.5 Å². The third-order valence-corrected chi connectivity index (χ3v) is 4.99. The summed E-state index contributed by atoms with van der Waals surface area (Å²) in [5.41, 5.74) is 2.09. The average Bonchev–Trinajstić information content (AvgIpc) is 2.47. The van der Waals surface area contributed by atoms with E-state index in [-0.39, 0.29) is 4.75 Å². The Bertz CT molecular complexity index is 606. The molecule has 2 rings (SSSR count). The van der Waals surface area contributed by atoms with Crippen LogP contribution in [0, 0.1) is 0 Å². The molecule has 0 bridgehead atoms. The van der Waals surface area contributed by atoms with E-state index in [1.54, 1.807) is 6.20 Å². The number of hydrogen-bond acceptors (Lipinski definition) is 3. The topological polar surface area (TPSA) is 42.0 Å². The van der Waals surface area contributed by atoms with Crippen molar-refractivity contribution in [1.29, 1.82) is 0 Å². The number of pyridine rings is 1. The van der Waals surface area contributed by atoms with Crippen molar-refractivity contribution in [3.63, 3.8) is 0 Å². The van der Waals surface area contributed by atoms with Crippen molar-refractivity contribution >= 4 is 10.8 Å². The molecule has 0 spiro atoms. The van der Waals surface area contributed by atoms with Gasteiger partial charge in [0, 0.05) is 28.9 Å². The molecule has 1 unspecified atom stereocenters. The molecule has 0 aliphatic carbocycles. The molecule has 0 radical (unpaired) electrons. The molecule has 0 aliphatic rings. The van der Waals surface area contributed by atoms with E-state index in [2.05, 4.69) is 10.3 Å². The Morgan fingerprint density at radius 2 is 1.76 bits per heavy atom. The summed E-state index contributed by atoms with van der Waals surface area (Å²) in [6.07, 6.45) is 1.79. The SMILES string of the molecule is CC(C)(C)S(=O)c1ccccc1CNCc1ccccn1. The summed E-state index contributed by atoms with van der Waals surface area (Å²) in [4.78, 5) is 5.20. The molecule has 1 aromatic carbocycles. The van der Waals surface area contributed by atoms with E-state index in [1.165, 1.54) is 0 Å². The third-order valence-electron chi connectivity index (χ3n) is 3.08. The number of hydrogen-bond donors (Lipinski definition) is 1. The van der Waals surface area contributed by atoms with Gasteiger partial charge in [-0.1, -0.05) is 24.3 Å². The second kappa shape index (κ2) is 6.96. The van der Waals surface area contributed by atoms with Crippen LogP contribution in [0.1, 0.15) is 32.0 Å². The van der Waals surface area contributed by atoms with E-state index in [9.17, 15) is 4.21 Å². The van der Waals surface area contributed by atoms with Gasteiger partial charge in [-0.2, -0.15) is 0 Å². The second-order valence-electron chi connectivity index (χ2n) is 5.91. The highest BCUT2D eigenvalue weighted by atomic mass is 32.2. The molecule has 0 fully saturated rings. The van der Waals surface area contributed by atoms with E-state index in [4.69, 9.17) is 0 Å². The maximum absolute atomic E-state index is 12.6. The highest BCUT2D eigenvalue weighted by molar-refractivity contribution is 7.86. The number of rotatable bonds is 5. The van der Waals surface area contributed by atoms with Crippen LogP contribution >= 0.6 is 0 Å². The van der Waals surface area contributed by atoms with Crippen LogP contribution in [0.15, 0.2) is 53.6 Å². The zero-order valence-electron chi connectivity index (χ0n) is 12.8. The first-order valence-electron chi connectivity index (χ1n) is 7.09. The number of aromatic nitrogens is 1. The Morgan fingerprint density at radius 1 is 1.05 bits per heavy atom. The van der Waals surface area contributed by atoms with Gasteiger partial charge in [0.2, 0.25) is 0 Å². The maximum atomic E-state index is 12.6. The molecule has 4 heteroatoms. The highest BCUT2D eigenvalue weighted by Crippen LogP contribution is 2.23. The lowest BCUT2D eigenvalue weighted by Gasteiger charge is -2.20. The van der Waals surface area contributed by atoms with E-state index < -0.39 is 10.8 Å². The molecule has 1 atom stereocenters. The number of nitrogens with zero attached hydrogens (tertiary/aromatic N) is 1. The fraction of sp³-hybridized carbons (Fsp3) is 0.353. The van der Waals surface area contributed by atoms with Crippen LogP contribution in [0.5, 0.6) is 0 Å². The lowest BCUT2D eigenvalue weighted by Crippen LogP contribution is -2.24. The van der Waals surface area contributed by atoms with Crippen molar-refractivity contribution in [3.8, 4) is 0 Å². The Labute approximate surface area is 129 Å². The fourth-order valence-corrected chi connectivity index (χ4v) is 3.23. The molecule has 2 aromatic rings. The zero-order valence-corrected chi connectivity index (χ0v) is 13.6. The third kappa shape index (κ3) is 4.48. The molecule has 1 N–H and O–H groups in total. The first kappa shape index (κ1) is 15.9. The quantitative estimate of drug-likeness (QED) is 0.921. The van der Waals surface area contributed by atoms with Gasteiger partial charge >= 0.3 is 0 Å². The van der Waals surface area contributed by atoms with Crippen LogP contribution in [0.4, 0.5) is 0 Å². The summed E-state index contributed by atoms with van der Waals surface area (Å²) in [5, 5.41) is 3.37. The summed E-state index contributed by atoms with van der Waals surface area (Å²) in [6, 6.07) is 13.8. The fourth-order valence-electron chi connectivity index (χ4n) is 1.99. The summed E-state index contributed by atoms with van der Waals surface area (Å²) in [7, 11) is -1.02. The summed E-state index contributed by atoms with van der Waals surface area (Å²) < 4.78 is 12.3. The van der Waals surface area contributed by atoms with Crippen LogP contribution in [-0.4, -0.2) is 13.9 Å². The summed E-state index contributed by atoms with van der Waals surface area (Å²) >= 11 is 0. The Kier molecular flexibility index (Phi) is 5.26. The summed E-state index contributed by atoms with van der Waals surface area (Å²) in [5.74, 6) is 0. The Morgan fingerprint density at radius 3 is 2.43 bits per heavy atom. The van der Waals surface area contributed by atoms with Crippen LogP contribution in [0.25, 0.3) is 0 Å². The largest absolute Gasteiger partial charge is 0.307 e.